The SMILES string of the molecule is CC/C=C(/[B]OC(C)(C)C(C)(C)O)OC. The van der Waals surface area contributed by atoms with E-state index in [9.17, 15) is 5.11 Å². The highest BCUT2D eigenvalue weighted by molar-refractivity contribution is 6.37. The molecule has 1 N–H and O–H groups in total. The molecule has 0 fully saturated rings. The summed E-state index contributed by atoms with van der Waals surface area (Å²) in [6, 6.07) is 0. The van der Waals surface area contributed by atoms with Crippen molar-refractivity contribution in [1.29, 1.82) is 0 Å². The van der Waals surface area contributed by atoms with Crippen molar-refractivity contribution in [3.8, 4) is 0 Å². The molecule has 0 aliphatic heterocycles. The van der Waals surface area contributed by atoms with Gasteiger partial charge in [0, 0.05) is 0 Å². The van der Waals surface area contributed by atoms with E-state index in [0.717, 1.165) is 6.42 Å². The molecule has 0 spiro atoms. The van der Waals surface area contributed by atoms with E-state index in [4.69, 9.17) is 9.39 Å². The van der Waals surface area contributed by atoms with Crippen LogP contribution >= 0.6 is 0 Å². The molecule has 0 saturated heterocycles. The average Bonchev–Trinajstić information content (AvgIpc) is 2.10. The zero-order valence-electron chi connectivity index (χ0n) is 10.6. The first-order chi connectivity index (χ1) is 6.74. The number of allylic oxidation sites excluding steroid dienone is 1. The van der Waals surface area contributed by atoms with Crippen LogP contribution < -0.4 is 0 Å². The van der Waals surface area contributed by atoms with Crippen LogP contribution in [0.25, 0.3) is 0 Å². The van der Waals surface area contributed by atoms with Gasteiger partial charge in [0.15, 0.2) is 0 Å². The third-order valence-electron chi connectivity index (χ3n) is 2.58. The van der Waals surface area contributed by atoms with Gasteiger partial charge in [0.2, 0.25) is 0 Å². The van der Waals surface area contributed by atoms with Gasteiger partial charge in [-0.25, -0.2) is 0 Å². The molecule has 0 atom stereocenters. The molecule has 0 aromatic heterocycles. The smallest absolute Gasteiger partial charge is 0.374 e. The van der Waals surface area contributed by atoms with E-state index in [1.807, 2.05) is 26.8 Å². The maximum atomic E-state index is 9.86. The van der Waals surface area contributed by atoms with E-state index >= 15 is 0 Å². The quantitative estimate of drug-likeness (QED) is 0.542. The van der Waals surface area contributed by atoms with E-state index in [0.29, 0.717) is 5.66 Å². The summed E-state index contributed by atoms with van der Waals surface area (Å²) in [5.74, 6) is 0. The van der Waals surface area contributed by atoms with E-state index in [1.165, 1.54) is 0 Å². The van der Waals surface area contributed by atoms with Crippen LogP contribution in [0, 0.1) is 0 Å². The molecule has 0 heterocycles. The van der Waals surface area contributed by atoms with Gasteiger partial charge >= 0.3 is 7.48 Å². The minimum Gasteiger partial charge on any atom is -0.509 e. The zero-order valence-corrected chi connectivity index (χ0v) is 10.6. The van der Waals surface area contributed by atoms with Crippen molar-refractivity contribution >= 4 is 7.48 Å². The van der Waals surface area contributed by atoms with Crippen LogP contribution in [0.15, 0.2) is 11.7 Å². The number of rotatable bonds is 6. The fraction of sp³-hybridized carbons (Fsp3) is 0.818. The number of aliphatic hydroxyl groups is 1. The van der Waals surface area contributed by atoms with Gasteiger partial charge in [-0.05, 0) is 34.1 Å². The molecule has 87 valence electrons. The molecule has 0 aliphatic carbocycles. The van der Waals surface area contributed by atoms with Crippen molar-refractivity contribution in [2.24, 2.45) is 0 Å². The Hall–Kier alpha value is -0.475. The topological polar surface area (TPSA) is 38.7 Å². The van der Waals surface area contributed by atoms with E-state index in [-0.39, 0.29) is 0 Å². The van der Waals surface area contributed by atoms with Crippen LogP contribution in [0.3, 0.4) is 0 Å². The standard InChI is InChI=1S/C11H22BO3/c1-7-8-9(14-6)12-15-11(4,5)10(2,3)13/h8,13H,7H2,1-6H3/b9-8-. The average molecular weight is 213 g/mol. The summed E-state index contributed by atoms with van der Waals surface area (Å²) >= 11 is 0. The van der Waals surface area contributed by atoms with Crippen LogP contribution in [0.4, 0.5) is 0 Å². The Bertz CT molecular complexity index is 216. The maximum Gasteiger partial charge on any atom is 0.374 e. The zero-order chi connectivity index (χ0) is 12.1. The molecule has 0 aromatic carbocycles. The van der Waals surface area contributed by atoms with Gasteiger partial charge in [0.25, 0.3) is 0 Å². The summed E-state index contributed by atoms with van der Waals surface area (Å²) in [7, 11) is 3.14. The molecule has 15 heavy (non-hydrogen) atoms. The summed E-state index contributed by atoms with van der Waals surface area (Å²) in [6.07, 6.45) is 2.80. The summed E-state index contributed by atoms with van der Waals surface area (Å²) in [5, 5.41) is 9.86. The number of hydrogen-bond acceptors (Lipinski definition) is 3. The normalized spacial score (nSPS) is 13.9. The molecule has 0 aliphatic rings. The summed E-state index contributed by atoms with van der Waals surface area (Å²) in [6.45, 7) is 9.13. The van der Waals surface area contributed by atoms with Crippen molar-refractivity contribution in [1.82, 2.24) is 0 Å². The predicted octanol–water partition coefficient (Wildman–Crippen LogP) is 2.07. The minimum atomic E-state index is -0.908. The summed E-state index contributed by atoms with van der Waals surface area (Å²) in [4.78, 5) is 0. The molecule has 0 bridgehead atoms. The monoisotopic (exact) mass is 213 g/mol. The Kier molecular flexibility index (Phi) is 5.39. The van der Waals surface area contributed by atoms with Gasteiger partial charge in [-0.15, -0.1) is 0 Å². The minimum absolute atomic E-state index is 0.654. The van der Waals surface area contributed by atoms with Crippen LogP contribution in [-0.4, -0.2) is 30.9 Å². The van der Waals surface area contributed by atoms with Gasteiger partial charge in [0.1, 0.15) is 0 Å². The third kappa shape index (κ3) is 4.71. The number of hydrogen-bond donors (Lipinski definition) is 1. The molecule has 0 amide bonds. The lowest BCUT2D eigenvalue weighted by Crippen LogP contribution is -2.48. The van der Waals surface area contributed by atoms with Crippen molar-refractivity contribution < 1.29 is 14.5 Å². The maximum absolute atomic E-state index is 9.86. The van der Waals surface area contributed by atoms with E-state index < -0.39 is 11.2 Å². The predicted molar refractivity (Wildman–Crippen MR) is 62.6 cm³/mol. The molecule has 0 unspecified atom stereocenters. The molecule has 0 aromatic rings. The second kappa shape index (κ2) is 5.57. The number of ether oxygens (including phenoxy) is 1. The summed E-state index contributed by atoms with van der Waals surface area (Å²) < 4.78 is 10.6. The van der Waals surface area contributed by atoms with Gasteiger partial charge < -0.3 is 14.5 Å². The fourth-order valence-corrected chi connectivity index (χ4v) is 0.730. The van der Waals surface area contributed by atoms with Gasteiger partial charge in [-0.3, -0.25) is 0 Å². The number of methoxy groups -OCH3 is 1. The second-order valence-corrected chi connectivity index (χ2v) is 4.52. The fourth-order valence-electron chi connectivity index (χ4n) is 0.730. The molecule has 4 heteroatoms. The molecular weight excluding hydrogens is 191 g/mol. The lowest BCUT2D eigenvalue weighted by atomic mass is 9.85. The Morgan fingerprint density at radius 1 is 1.33 bits per heavy atom. The van der Waals surface area contributed by atoms with Crippen LogP contribution in [0.1, 0.15) is 41.0 Å². The van der Waals surface area contributed by atoms with Crippen molar-refractivity contribution in [3.05, 3.63) is 11.7 Å². The Labute approximate surface area is 93.7 Å². The van der Waals surface area contributed by atoms with Gasteiger partial charge in [-0.1, -0.05) is 13.0 Å². The molecule has 3 nitrogen and oxygen atoms in total. The van der Waals surface area contributed by atoms with Crippen molar-refractivity contribution in [2.45, 2.75) is 52.2 Å². The Morgan fingerprint density at radius 2 is 1.87 bits per heavy atom. The Balaban J connectivity index is 4.31. The summed E-state index contributed by atoms with van der Waals surface area (Å²) in [5.41, 5.74) is -0.887. The lowest BCUT2D eigenvalue weighted by Gasteiger charge is -2.37. The second-order valence-electron chi connectivity index (χ2n) is 4.52. The first-order valence-electron chi connectivity index (χ1n) is 5.22. The van der Waals surface area contributed by atoms with E-state index in [2.05, 4.69) is 0 Å². The van der Waals surface area contributed by atoms with E-state index in [1.54, 1.807) is 28.4 Å². The Morgan fingerprint density at radius 3 is 2.20 bits per heavy atom. The van der Waals surface area contributed by atoms with Gasteiger partial charge in [0.05, 0.1) is 24.0 Å². The first kappa shape index (κ1) is 14.5. The molecule has 0 rings (SSSR count). The highest BCUT2D eigenvalue weighted by Crippen LogP contribution is 2.24. The third-order valence-corrected chi connectivity index (χ3v) is 2.58. The van der Waals surface area contributed by atoms with Gasteiger partial charge in [-0.2, -0.15) is 0 Å². The van der Waals surface area contributed by atoms with Crippen LogP contribution in [-0.2, 0) is 9.39 Å². The lowest BCUT2D eigenvalue weighted by molar-refractivity contribution is -0.0905. The molecule has 1 radical (unpaired) electrons. The van der Waals surface area contributed by atoms with Crippen LogP contribution in [0.2, 0.25) is 0 Å². The largest absolute Gasteiger partial charge is 0.509 e. The molecular formula is C11H22BO3. The van der Waals surface area contributed by atoms with Crippen molar-refractivity contribution in [3.63, 3.8) is 0 Å². The highest BCUT2D eigenvalue weighted by Gasteiger charge is 2.36. The van der Waals surface area contributed by atoms with Crippen LogP contribution in [0.5, 0.6) is 0 Å². The highest BCUT2D eigenvalue weighted by atomic mass is 16.5. The van der Waals surface area contributed by atoms with Crippen molar-refractivity contribution in [2.75, 3.05) is 7.11 Å². The molecule has 0 saturated carbocycles. The first-order valence-corrected chi connectivity index (χ1v) is 5.22.